The smallest absolute Gasteiger partial charge is 0.0787 e. The molecule has 0 aliphatic heterocycles. The molecule has 2 aromatic heterocycles. The van der Waals surface area contributed by atoms with Crippen LogP contribution in [0, 0.1) is 6.90 Å². The lowest BCUT2D eigenvalue weighted by atomic mass is 9.97. The van der Waals surface area contributed by atoms with E-state index in [-0.39, 0.29) is 0 Å². The van der Waals surface area contributed by atoms with Gasteiger partial charge in [0.05, 0.1) is 5.52 Å². The third-order valence-corrected chi connectivity index (χ3v) is 3.55. The van der Waals surface area contributed by atoms with Crippen LogP contribution in [0.4, 0.5) is 0 Å². The predicted octanol–water partition coefficient (Wildman–Crippen LogP) is 4.24. The van der Waals surface area contributed by atoms with Gasteiger partial charge < -0.3 is 0 Å². The van der Waals surface area contributed by atoms with Crippen LogP contribution in [-0.2, 0) is 0 Å². The average molecular weight is 245 g/mol. The van der Waals surface area contributed by atoms with Gasteiger partial charge in [-0.3, -0.25) is 9.97 Å². The Morgan fingerprint density at radius 1 is 0.895 bits per heavy atom. The highest BCUT2D eigenvalue weighted by molar-refractivity contribution is 6.23. The fourth-order valence-corrected chi connectivity index (χ4v) is 2.70. The van der Waals surface area contributed by atoms with Gasteiger partial charge in [-0.25, -0.2) is 0 Å². The molecule has 2 heteroatoms. The molecular weight excluding hydrogens is 232 g/mol. The van der Waals surface area contributed by atoms with Crippen LogP contribution in [0.25, 0.3) is 32.4 Å². The second-order valence-electron chi connectivity index (χ2n) is 4.70. The molecule has 2 nitrogen and oxygen atoms in total. The molecule has 2 heterocycles. The molecule has 0 N–H and O–H groups in total. The molecule has 0 saturated heterocycles. The van der Waals surface area contributed by atoms with Crippen molar-refractivity contribution in [3.8, 4) is 0 Å². The Labute approximate surface area is 112 Å². The van der Waals surface area contributed by atoms with Gasteiger partial charge in [0.1, 0.15) is 0 Å². The summed E-state index contributed by atoms with van der Waals surface area (Å²) in [5.41, 5.74) is 2.03. The van der Waals surface area contributed by atoms with E-state index in [9.17, 15) is 0 Å². The van der Waals surface area contributed by atoms with E-state index in [1.165, 1.54) is 5.39 Å². The third kappa shape index (κ3) is 1.43. The molecule has 0 aliphatic carbocycles. The van der Waals surface area contributed by atoms with Gasteiger partial charge in [0.25, 0.3) is 0 Å². The lowest BCUT2D eigenvalue weighted by Gasteiger charge is -2.09. The Balaban J connectivity index is 2.35. The summed E-state index contributed by atoms with van der Waals surface area (Å²) in [4.78, 5) is 8.79. The van der Waals surface area contributed by atoms with Gasteiger partial charge in [-0.1, -0.05) is 29.8 Å². The molecule has 4 rings (SSSR count). The van der Waals surface area contributed by atoms with Gasteiger partial charge in [-0.15, -0.1) is 0 Å². The third-order valence-electron chi connectivity index (χ3n) is 3.55. The highest BCUT2D eigenvalue weighted by Gasteiger charge is 2.08. The summed E-state index contributed by atoms with van der Waals surface area (Å²) in [5, 5.41) is 5.69. The van der Waals surface area contributed by atoms with Crippen molar-refractivity contribution < 1.29 is 1.37 Å². The lowest BCUT2D eigenvalue weighted by molar-refractivity contribution is 1.36. The topological polar surface area (TPSA) is 25.8 Å². The highest BCUT2D eigenvalue weighted by Crippen LogP contribution is 2.33. The van der Waals surface area contributed by atoms with Crippen LogP contribution >= 0.6 is 0 Å². The van der Waals surface area contributed by atoms with Crippen molar-refractivity contribution in [1.82, 2.24) is 9.97 Å². The molecule has 0 radical (unpaired) electrons. The molecule has 0 bridgehead atoms. The van der Waals surface area contributed by atoms with E-state index in [0.29, 0.717) is 6.90 Å². The van der Waals surface area contributed by atoms with Gasteiger partial charge in [0.2, 0.25) is 0 Å². The van der Waals surface area contributed by atoms with Gasteiger partial charge >= 0.3 is 0 Å². The summed E-state index contributed by atoms with van der Waals surface area (Å²) in [6.07, 6.45) is 5.52. The first-order chi connectivity index (χ1) is 9.88. The summed E-state index contributed by atoms with van der Waals surface area (Å²) < 4.78 is 7.56. The van der Waals surface area contributed by atoms with E-state index >= 15 is 0 Å². The summed E-state index contributed by atoms with van der Waals surface area (Å²) in [5.74, 6) is 0. The Morgan fingerprint density at radius 3 is 2.79 bits per heavy atom. The highest BCUT2D eigenvalue weighted by atomic mass is 14.7. The zero-order valence-electron chi connectivity index (χ0n) is 11.3. The van der Waals surface area contributed by atoms with Crippen LogP contribution in [0.3, 0.4) is 0 Å². The van der Waals surface area contributed by atoms with Crippen LogP contribution in [-0.4, -0.2) is 9.97 Å². The SMILES string of the molecule is [2H]Cc1ccc2c(c1)c1cnccc1c1ncccc21. The number of rotatable bonds is 0. The summed E-state index contributed by atoms with van der Waals surface area (Å²) in [6.45, 7) is 0.294. The van der Waals surface area contributed by atoms with Crippen molar-refractivity contribution in [3.63, 3.8) is 0 Å². The number of pyridine rings is 2. The van der Waals surface area contributed by atoms with Crippen LogP contribution in [0.5, 0.6) is 0 Å². The summed E-state index contributed by atoms with van der Waals surface area (Å²) in [7, 11) is 0. The molecule has 0 aliphatic rings. The molecule has 4 aromatic rings. The Morgan fingerprint density at radius 2 is 1.84 bits per heavy atom. The number of nitrogens with zero attached hydrogens (tertiary/aromatic N) is 2. The maximum atomic E-state index is 7.56. The molecule has 2 aromatic carbocycles. The second-order valence-corrected chi connectivity index (χ2v) is 4.70. The minimum absolute atomic E-state index is 0.294. The monoisotopic (exact) mass is 245 g/mol. The fourth-order valence-electron chi connectivity index (χ4n) is 2.70. The molecule has 90 valence electrons. The largest absolute Gasteiger partial charge is 0.264 e. The number of fused-ring (bicyclic) bond motifs is 6. The maximum absolute atomic E-state index is 7.56. The Hall–Kier alpha value is -2.48. The fraction of sp³-hybridized carbons (Fsp3) is 0.0588. The molecule has 0 atom stereocenters. The molecule has 0 fully saturated rings. The van der Waals surface area contributed by atoms with Gasteiger partial charge in [-0.2, -0.15) is 0 Å². The predicted molar refractivity (Wildman–Crippen MR) is 79.3 cm³/mol. The number of hydrogen-bond acceptors (Lipinski definition) is 2. The number of hydrogen-bond donors (Lipinski definition) is 0. The number of benzene rings is 2. The van der Waals surface area contributed by atoms with E-state index in [1.54, 1.807) is 6.20 Å². The van der Waals surface area contributed by atoms with E-state index in [2.05, 4.69) is 28.2 Å². The first kappa shape index (κ1) is 9.45. The Bertz CT molecular complexity index is 912. The summed E-state index contributed by atoms with van der Waals surface area (Å²) >= 11 is 0. The minimum atomic E-state index is 0.294. The van der Waals surface area contributed by atoms with E-state index in [0.717, 1.165) is 32.6 Å². The van der Waals surface area contributed by atoms with Crippen LogP contribution in [0.1, 0.15) is 6.93 Å². The van der Waals surface area contributed by atoms with Crippen molar-refractivity contribution >= 4 is 32.4 Å². The van der Waals surface area contributed by atoms with Crippen molar-refractivity contribution in [1.29, 1.82) is 0 Å². The number of aryl methyl sites for hydroxylation is 1. The molecule has 0 saturated carbocycles. The van der Waals surface area contributed by atoms with Crippen LogP contribution in [0.2, 0.25) is 0 Å². The first-order valence-electron chi connectivity index (χ1n) is 6.91. The zero-order valence-corrected chi connectivity index (χ0v) is 10.3. The Kier molecular flexibility index (Phi) is 1.87. The summed E-state index contributed by atoms with van der Waals surface area (Å²) in [6, 6.07) is 12.3. The van der Waals surface area contributed by atoms with E-state index < -0.39 is 0 Å². The van der Waals surface area contributed by atoms with Crippen LogP contribution in [0.15, 0.2) is 55.0 Å². The van der Waals surface area contributed by atoms with Gasteiger partial charge in [-0.05, 0) is 29.8 Å². The van der Waals surface area contributed by atoms with Crippen molar-refractivity contribution in [2.75, 3.05) is 0 Å². The van der Waals surface area contributed by atoms with E-state index in [4.69, 9.17) is 1.37 Å². The van der Waals surface area contributed by atoms with Gasteiger partial charge in [0, 0.05) is 36.1 Å². The van der Waals surface area contributed by atoms with Gasteiger partial charge in [0.15, 0.2) is 0 Å². The lowest BCUT2D eigenvalue weighted by Crippen LogP contribution is -1.86. The standard InChI is InChI=1S/C17H12N2/c1-11-4-5-12-13-3-2-7-19-17(13)14-6-8-18-10-16(14)15(12)9-11/h2-10H,1H3/i1D. The van der Waals surface area contributed by atoms with E-state index in [1.807, 2.05) is 30.6 Å². The van der Waals surface area contributed by atoms with Crippen molar-refractivity contribution in [3.05, 3.63) is 60.6 Å². The van der Waals surface area contributed by atoms with Crippen LogP contribution < -0.4 is 0 Å². The number of aromatic nitrogens is 2. The first-order valence-corrected chi connectivity index (χ1v) is 6.21. The molecular formula is C17H12N2. The molecule has 0 unspecified atom stereocenters. The normalized spacial score (nSPS) is 12.1. The molecule has 0 spiro atoms. The maximum Gasteiger partial charge on any atom is 0.0787 e. The minimum Gasteiger partial charge on any atom is -0.264 e. The van der Waals surface area contributed by atoms with Crippen molar-refractivity contribution in [2.24, 2.45) is 0 Å². The molecule has 0 amide bonds. The second kappa shape index (κ2) is 3.75. The zero-order chi connectivity index (χ0) is 13.5. The van der Waals surface area contributed by atoms with Crippen molar-refractivity contribution in [2.45, 2.75) is 6.90 Å². The average Bonchev–Trinajstić information content (AvgIpc) is 2.54. The molecule has 19 heavy (non-hydrogen) atoms. The quantitative estimate of drug-likeness (QED) is 0.433.